The van der Waals surface area contributed by atoms with Crippen LogP contribution in [0.1, 0.15) is 17.7 Å². The number of carboxylic acids is 1. The molecule has 2 aromatic rings. The number of aromatic nitrogens is 2. The van der Waals surface area contributed by atoms with Gasteiger partial charge in [0, 0.05) is 43.4 Å². The van der Waals surface area contributed by atoms with E-state index < -0.39 is 12.0 Å². The van der Waals surface area contributed by atoms with Gasteiger partial charge in [0.15, 0.2) is 0 Å². The third-order valence-electron chi connectivity index (χ3n) is 3.45. The minimum Gasteiger partial charge on any atom is -0.508 e. The van der Waals surface area contributed by atoms with Crippen molar-refractivity contribution < 1.29 is 19.8 Å². The van der Waals surface area contributed by atoms with Gasteiger partial charge < -0.3 is 25.8 Å². The van der Waals surface area contributed by atoms with Crippen LogP contribution in [0.4, 0.5) is 0 Å². The van der Waals surface area contributed by atoms with Crippen molar-refractivity contribution in [2.24, 2.45) is 0 Å². The number of imidazole rings is 1. The van der Waals surface area contributed by atoms with Gasteiger partial charge in [-0.1, -0.05) is 18.2 Å². The molecule has 0 saturated carbocycles. The Morgan fingerprint density at radius 2 is 2.08 bits per heavy atom. The second-order valence-electron chi connectivity index (χ2n) is 5.29. The molecule has 0 saturated heterocycles. The maximum absolute atomic E-state index is 11.9. The molecule has 0 aliphatic carbocycles. The van der Waals surface area contributed by atoms with Gasteiger partial charge in [-0.3, -0.25) is 4.79 Å². The molecule has 0 radical (unpaired) electrons. The van der Waals surface area contributed by atoms with Gasteiger partial charge in [-0.15, -0.1) is 0 Å². The monoisotopic (exact) mass is 332 g/mol. The van der Waals surface area contributed by atoms with Crippen LogP contribution in [0.2, 0.25) is 0 Å². The Morgan fingerprint density at radius 1 is 1.29 bits per heavy atom. The van der Waals surface area contributed by atoms with Crippen molar-refractivity contribution >= 4 is 11.9 Å². The molecular weight excluding hydrogens is 312 g/mol. The van der Waals surface area contributed by atoms with E-state index in [0.717, 1.165) is 5.56 Å². The van der Waals surface area contributed by atoms with Gasteiger partial charge in [-0.05, 0) is 6.07 Å². The first-order valence-corrected chi connectivity index (χ1v) is 7.53. The first-order valence-electron chi connectivity index (χ1n) is 7.53. The molecule has 1 heterocycles. The molecule has 0 fully saturated rings. The van der Waals surface area contributed by atoms with Crippen molar-refractivity contribution in [1.29, 1.82) is 0 Å². The Labute approximate surface area is 138 Å². The van der Waals surface area contributed by atoms with E-state index in [1.54, 1.807) is 18.2 Å². The van der Waals surface area contributed by atoms with E-state index in [1.165, 1.54) is 12.5 Å². The number of carboxylic acid groups (broad SMARTS) is 1. The third kappa shape index (κ3) is 5.40. The van der Waals surface area contributed by atoms with Crippen molar-refractivity contribution in [1.82, 2.24) is 20.6 Å². The summed E-state index contributed by atoms with van der Waals surface area (Å²) in [5.41, 5.74) is 1.38. The van der Waals surface area contributed by atoms with Crippen LogP contribution in [0, 0.1) is 0 Å². The third-order valence-corrected chi connectivity index (χ3v) is 3.45. The lowest BCUT2D eigenvalue weighted by molar-refractivity contribution is -0.141. The van der Waals surface area contributed by atoms with Gasteiger partial charge >= 0.3 is 5.97 Å². The van der Waals surface area contributed by atoms with E-state index in [1.807, 2.05) is 6.07 Å². The lowest BCUT2D eigenvalue weighted by Crippen LogP contribution is -2.43. The van der Waals surface area contributed by atoms with E-state index >= 15 is 0 Å². The number of phenols is 1. The molecule has 2 rings (SSSR count). The van der Waals surface area contributed by atoms with Gasteiger partial charge in [-0.2, -0.15) is 0 Å². The number of nitrogens with zero attached hydrogens (tertiary/aromatic N) is 1. The van der Waals surface area contributed by atoms with Crippen LogP contribution in [0.15, 0.2) is 36.8 Å². The highest BCUT2D eigenvalue weighted by atomic mass is 16.4. The predicted molar refractivity (Wildman–Crippen MR) is 86.3 cm³/mol. The maximum atomic E-state index is 11.9. The maximum Gasteiger partial charge on any atom is 0.326 e. The van der Waals surface area contributed by atoms with Crippen LogP contribution in [0.3, 0.4) is 0 Å². The minimum absolute atomic E-state index is 0.139. The molecule has 24 heavy (non-hydrogen) atoms. The standard InChI is InChI=1S/C16H20N4O4/c21-14-4-2-1-3-11(14)8-17-6-5-15(22)20-13(16(23)24)7-12-9-18-10-19-12/h1-4,9-10,13,17,21H,5-8H2,(H,18,19)(H,20,22)(H,23,24)/t13-/m0/s1. The van der Waals surface area contributed by atoms with Gasteiger partial charge in [-0.25, -0.2) is 9.78 Å². The highest BCUT2D eigenvalue weighted by Crippen LogP contribution is 2.14. The number of rotatable bonds is 9. The summed E-state index contributed by atoms with van der Waals surface area (Å²) in [5, 5.41) is 24.3. The number of benzene rings is 1. The fourth-order valence-electron chi connectivity index (χ4n) is 2.17. The number of nitrogens with one attached hydrogen (secondary N) is 3. The van der Waals surface area contributed by atoms with E-state index in [0.29, 0.717) is 18.8 Å². The van der Waals surface area contributed by atoms with Crippen LogP contribution in [0.25, 0.3) is 0 Å². The summed E-state index contributed by atoms with van der Waals surface area (Å²) < 4.78 is 0. The highest BCUT2D eigenvalue weighted by molar-refractivity contribution is 5.83. The molecule has 8 nitrogen and oxygen atoms in total. The molecular formula is C16H20N4O4. The summed E-state index contributed by atoms with van der Waals surface area (Å²) in [7, 11) is 0. The Balaban J connectivity index is 1.73. The molecule has 5 N–H and O–H groups in total. The average Bonchev–Trinajstić information content (AvgIpc) is 3.05. The molecule has 1 aromatic carbocycles. The zero-order valence-electron chi connectivity index (χ0n) is 13.0. The van der Waals surface area contributed by atoms with E-state index in [2.05, 4.69) is 20.6 Å². The van der Waals surface area contributed by atoms with Gasteiger partial charge in [0.25, 0.3) is 0 Å². The topological polar surface area (TPSA) is 127 Å². The van der Waals surface area contributed by atoms with Crippen molar-refractivity contribution in [3.05, 3.63) is 48.0 Å². The number of hydrogen-bond acceptors (Lipinski definition) is 5. The zero-order valence-corrected chi connectivity index (χ0v) is 13.0. The molecule has 0 aliphatic rings. The van der Waals surface area contributed by atoms with E-state index in [-0.39, 0.29) is 24.5 Å². The van der Waals surface area contributed by atoms with E-state index in [4.69, 9.17) is 0 Å². The van der Waals surface area contributed by atoms with Crippen molar-refractivity contribution in [2.45, 2.75) is 25.4 Å². The SMILES string of the molecule is O=C(CCNCc1ccccc1O)N[C@@H](Cc1cnc[nH]1)C(=O)O. The number of carbonyl (C=O) groups is 2. The van der Waals surface area contributed by atoms with Crippen molar-refractivity contribution in [3.8, 4) is 5.75 Å². The molecule has 128 valence electrons. The van der Waals surface area contributed by atoms with Crippen LogP contribution >= 0.6 is 0 Å². The summed E-state index contributed by atoms with van der Waals surface area (Å²) in [5.74, 6) is -1.26. The quantitative estimate of drug-likeness (QED) is 0.423. The lowest BCUT2D eigenvalue weighted by Gasteiger charge is -2.14. The number of amides is 1. The minimum atomic E-state index is -1.10. The molecule has 1 aromatic heterocycles. The lowest BCUT2D eigenvalue weighted by atomic mass is 10.1. The Bertz CT molecular complexity index is 672. The number of aliphatic carboxylic acids is 1. The molecule has 0 bridgehead atoms. The van der Waals surface area contributed by atoms with Crippen molar-refractivity contribution in [3.63, 3.8) is 0 Å². The van der Waals surface area contributed by atoms with Crippen molar-refractivity contribution in [2.75, 3.05) is 6.54 Å². The molecule has 1 atom stereocenters. The number of phenolic OH excluding ortho intramolecular Hbond substituents is 1. The van der Waals surface area contributed by atoms with Crippen LogP contribution in [-0.4, -0.2) is 44.6 Å². The predicted octanol–water partition coefficient (Wildman–Crippen LogP) is 0.407. The summed E-state index contributed by atoms with van der Waals surface area (Å²) in [6, 6.07) is 5.93. The largest absolute Gasteiger partial charge is 0.508 e. The normalized spacial score (nSPS) is 11.8. The number of H-pyrrole nitrogens is 1. The second-order valence-corrected chi connectivity index (χ2v) is 5.29. The zero-order chi connectivity index (χ0) is 17.4. The number of para-hydroxylation sites is 1. The second kappa shape index (κ2) is 8.68. The molecule has 0 unspecified atom stereocenters. The van der Waals surface area contributed by atoms with Crippen LogP contribution in [-0.2, 0) is 22.6 Å². The number of hydrogen-bond donors (Lipinski definition) is 5. The first-order chi connectivity index (χ1) is 11.6. The number of aromatic hydroxyl groups is 1. The Morgan fingerprint density at radius 3 is 2.75 bits per heavy atom. The van der Waals surface area contributed by atoms with Crippen LogP contribution in [0.5, 0.6) is 5.75 Å². The fraction of sp³-hybridized carbons (Fsp3) is 0.312. The molecule has 0 aliphatic heterocycles. The smallest absolute Gasteiger partial charge is 0.326 e. The average molecular weight is 332 g/mol. The highest BCUT2D eigenvalue weighted by Gasteiger charge is 2.20. The fourth-order valence-corrected chi connectivity index (χ4v) is 2.17. The number of carbonyl (C=O) groups excluding carboxylic acids is 1. The number of aromatic amines is 1. The Kier molecular flexibility index (Phi) is 6.32. The summed E-state index contributed by atoms with van der Waals surface area (Å²) in [6.07, 6.45) is 3.27. The Hall–Kier alpha value is -2.87. The summed E-state index contributed by atoms with van der Waals surface area (Å²) in [6.45, 7) is 0.799. The molecule has 8 heteroatoms. The van der Waals surface area contributed by atoms with Gasteiger partial charge in [0.1, 0.15) is 11.8 Å². The van der Waals surface area contributed by atoms with E-state index in [9.17, 15) is 19.8 Å². The van der Waals surface area contributed by atoms with Gasteiger partial charge in [0.2, 0.25) is 5.91 Å². The molecule has 0 spiro atoms. The first kappa shape index (κ1) is 17.5. The summed E-state index contributed by atoms with van der Waals surface area (Å²) >= 11 is 0. The van der Waals surface area contributed by atoms with Gasteiger partial charge in [0.05, 0.1) is 6.33 Å². The molecule has 1 amide bonds. The summed E-state index contributed by atoms with van der Waals surface area (Å²) in [4.78, 5) is 29.7. The van der Waals surface area contributed by atoms with Crippen LogP contribution < -0.4 is 10.6 Å².